The van der Waals surface area contributed by atoms with E-state index < -0.39 is 5.91 Å². The number of hydrogen-bond acceptors (Lipinski definition) is 3. The lowest BCUT2D eigenvalue weighted by atomic mass is 10.1. The fourth-order valence-electron chi connectivity index (χ4n) is 1.99. The summed E-state index contributed by atoms with van der Waals surface area (Å²) in [5.74, 6) is 2.60. The summed E-state index contributed by atoms with van der Waals surface area (Å²) >= 11 is 10.1. The van der Waals surface area contributed by atoms with E-state index in [9.17, 15) is 10.1 Å². The van der Waals surface area contributed by atoms with E-state index in [0.29, 0.717) is 22.0 Å². The molecule has 0 saturated heterocycles. The molecule has 0 spiro atoms. The molecule has 0 unspecified atom stereocenters. The van der Waals surface area contributed by atoms with Crippen molar-refractivity contribution in [3.8, 4) is 24.2 Å². The summed E-state index contributed by atoms with van der Waals surface area (Å²) in [5.41, 5.74) is 1.21. The van der Waals surface area contributed by atoms with Gasteiger partial charge in [0.1, 0.15) is 24.0 Å². The van der Waals surface area contributed by atoms with E-state index in [0.717, 1.165) is 7.14 Å². The molecule has 2 aromatic carbocycles. The predicted molar refractivity (Wildman–Crippen MR) is 120 cm³/mol. The van der Waals surface area contributed by atoms with E-state index in [4.69, 9.17) is 22.8 Å². The smallest absolute Gasteiger partial charge is 0.266 e. The number of nitrogens with zero attached hydrogens (tertiary/aromatic N) is 1. The van der Waals surface area contributed by atoms with Crippen molar-refractivity contribution in [1.29, 1.82) is 5.26 Å². The standard InChI is InChI=1S/C19H11ClI2N2O2/c1-2-6-26-18-16(21)8-12(9-17(18)22)7-13(11-23)19(25)24-15-5-3-4-14(20)10-15/h1,3-5,7-10H,6H2,(H,24,25)/b13-7+. The quantitative estimate of drug-likeness (QED) is 0.229. The van der Waals surface area contributed by atoms with Crippen LogP contribution in [-0.2, 0) is 4.79 Å². The van der Waals surface area contributed by atoms with Gasteiger partial charge in [-0.15, -0.1) is 6.42 Å². The summed E-state index contributed by atoms with van der Waals surface area (Å²) in [6.07, 6.45) is 6.74. The zero-order valence-electron chi connectivity index (χ0n) is 13.2. The SMILES string of the molecule is C#CCOc1c(I)cc(/C=C(\C#N)C(=O)Nc2cccc(Cl)c2)cc1I. The van der Waals surface area contributed by atoms with Gasteiger partial charge >= 0.3 is 0 Å². The highest BCUT2D eigenvalue weighted by atomic mass is 127. The third-order valence-corrected chi connectivity index (χ3v) is 4.92. The van der Waals surface area contributed by atoms with Crippen LogP contribution in [-0.4, -0.2) is 12.5 Å². The second kappa shape index (κ2) is 9.81. The van der Waals surface area contributed by atoms with Gasteiger partial charge in [0.15, 0.2) is 0 Å². The molecule has 0 aromatic heterocycles. The van der Waals surface area contributed by atoms with Crippen molar-refractivity contribution in [2.75, 3.05) is 11.9 Å². The average Bonchev–Trinajstić information content (AvgIpc) is 2.59. The van der Waals surface area contributed by atoms with Crippen molar-refractivity contribution >= 4 is 74.5 Å². The van der Waals surface area contributed by atoms with E-state index in [1.165, 1.54) is 6.08 Å². The largest absolute Gasteiger partial charge is 0.479 e. The number of carbonyl (C=O) groups is 1. The molecule has 1 N–H and O–H groups in total. The van der Waals surface area contributed by atoms with E-state index in [-0.39, 0.29) is 12.2 Å². The first-order valence-electron chi connectivity index (χ1n) is 7.18. The first-order chi connectivity index (χ1) is 12.4. The molecule has 0 aliphatic carbocycles. The van der Waals surface area contributed by atoms with E-state index in [1.807, 2.05) is 18.2 Å². The molecule has 0 heterocycles. The van der Waals surface area contributed by atoms with Gasteiger partial charge in [-0.25, -0.2) is 0 Å². The van der Waals surface area contributed by atoms with E-state index in [2.05, 4.69) is 56.4 Å². The Labute approximate surface area is 183 Å². The Morgan fingerprint density at radius 1 is 1.31 bits per heavy atom. The number of halogens is 3. The molecule has 0 aliphatic heterocycles. The molecule has 26 heavy (non-hydrogen) atoms. The Hall–Kier alpha value is -1.75. The monoisotopic (exact) mass is 588 g/mol. The maximum Gasteiger partial charge on any atom is 0.266 e. The Balaban J connectivity index is 2.27. The Morgan fingerprint density at radius 3 is 2.58 bits per heavy atom. The van der Waals surface area contributed by atoms with Gasteiger partial charge in [0.05, 0.1) is 7.14 Å². The first kappa shape index (κ1) is 20.6. The summed E-state index contributed by atoms with van der Waals surface area (Å²) in [6, 6.07) is 12.3. The molecule has 0 aliphatic rings. The van der Waals surface area contributed by atoms with Crippen molar-refractivity contribution in [3.05, 3.63) is 59.7 Å². The van der Waals surface area contributed by atoms with Crippen molar-refractivity contribution in [2.45, 2.75) is 0 Å². The van der Waals surface area contributed by atoms with Crippen molar-refractivity contribution < 1.29 is 9.53 Å². The molecular formula is C19H11ClI2N2O2. The fraction of sp³-hybridized carbons (Fsp3) is 0.0526. The lowest BCUT2D eigenvalue weighted by Gasteiger charge is -2.09. The van der Waals surface area contributed by atoms with Gasteiger partial charge in [-0.05, 0) is 87.2 Å². The molecule has 0 saturated carbocycles. The second-order valence-corrected chi connectivity index (χ2v) is 7.70. The number of nitrogens with one attached hydrogen (secondary N) is 1. The number of nitriles is 1. The molecule has 0 radical (unpaired) electrons. The molecule has 130 valence electrons. The van der Waals surface area contributed by atoms with Gasteiger partial charge in [-0.2, -0.15) is 5.26 Å². The number of benzene rings is 2. The van der Waals surface area contributed by atoms with Gasteiger partial charge in [-0.3, -0.25) is 4.79 Å². The molecule has 2 rings (SSSR count). The number of terminal acetylenes is 1. The second-order valence-electron chi connectivity index (χ2n) is 4.94. The topological polar surface area (TPSA) is 62.1 Å². The fourth-order valence-corrected chi connectivity index (χ4v) is 4.31. The zero-order valence-corrected chi connectivity index (χ0v) is 18.3. The lowest BCUT2D eigenvalue weighted by molar-refractivity contribution is -0.112. The Bertz CT molecular complexity index is 936. The highest BCUT2D eigenvalue weighted by Gasteiger charge is 2.12. The molecular weight excluding hydrogens is 577 g/mol. The van der Waals surface area contributed by atoms with Crippen LogP contribution in [0.5, 0.6) is 5.75 Å². The summed E-state index contributed by atoms with van der Waals surface area (Å²) in [5, 5.41) is 12.5. The molecule has 2 aromatic rings. The summed E-state index contributed by atoms with van der Waals surface area (Å²) in [6.45, 7) is 0.173. The number of carbonyl (C=O) groups excluding carboxylic acids is 1. The predicted octanol–water partition coefficient (Wildman–Crippen LogP) is 5.11. The molecule has 1 amide bonds. The number of rotatable bonds is 5. The number of amides is 1. The summed E-state index contributed by atoms with van der Waals surface area (Å²) in [4.78, 5) is 12.3. The van der Waals surface area contributed by atoms with Gasteiger partial charge in [0, 0.05) is 10.7 Å². The third kappa shape index (κ3) is 5.63. The molecule has 4 nitrogen and oxygen atoms in total. The van der Waals surface area contributed by atoms with Crippen LogP contribution in [0.1, 0.15) is 5.56 Å². The lowest BCUT2D eigenvalue weighted by Crippen LogP contribution is -2.13. The van der Waals surface area contributed by atoms with E-state index in [1.54, 1.807) is 24.3 Å². The van der Waals surface area contributed by atoms with Crippen LogP contribution in [0.25, 0.3) is 6.08 Å². The van der Waals surface area contributed by atoms with Gasteiger partial charge in [0.25, 0.3) is 5.91 Å². The number of hydrogen-bond donors (Lipinski definition) is 1. The maximum absolute atomic E-state index is 12.3. The van der Waals surface area contributed by atoms with Gasteiger partial charge < -0.3 is 10.1 Å². The Kier molecular flexibility index (Phi) is 7.76. The van der Waals surface area contributed by atoms with Crippen LogP contribution < -0.4 is 10.1 Å². The minimum atomic E-state index is -0.507. The molecule has 0 fully saturated rings. The van der Waals surface area contributed by atoms with Crippen LogP contribution in [0, 0.1) is 30.8 Å². The highest BCUT2D eigenvalue weighted by molar-refractivity contribution is 14.1. The van der Waals surface area contributed by atoms with Crippen LogP contribution in [0.2, 0.25) is 5.02 Å². The third-order valence-electron chi connectivity index (χ3n) is 3.08. The van der Waals surface area contributed by atoms with E-state index >= 15 is 0 Å². The number of ether oxygens (including phenoxy) is 1. The summed E-state index contributed by atoms with van der Waals surface area (Å²) in [7, 11) is 0. The van der Waals surface area contributed by atoms with Crippen LogP contribution >= 0.6 is 56.8 Å². The minimum absolute atomic E-state index is 0.0196. The van der Waals surface area contributed by atoms with Crippen molar-refractivity contribution in [1.82, 2.24) is 0 Å². The van der Waals surface area contributed by atoms with Crippen molar-refractivity contribution in [3.63, 3.8) is 0 Å². The average molecular weight is 589 g/mol. The number of anilines is 1. The van der Waals surface area contributed by atoms with Gasteiger partial charge in [-0.1, -0.05) is 23.6 Å². The normalized spacial score (nSPS) is 10.6. The molecule has 7 heteroatoms. The minimum Gasteiger partial charge on any atom is -0.479 e. The zero-order chi connectivity index (χ0) is 19.1. The van der Waals surface area contributed by atoms with Crippen molar-refractivity contribution in [2.24, 2.45) is 0 Å². The highest BCUT2D eigenvalue weighted by Crippen LogP contribution is 2.30. The van der Waals surface area contributed by atoms with Crippen LogP contribution in [0.3, 0.4) is 0 Å². The first-order valence-corrected chi connectivity index (χ1v) is 9.72. The maximum atomic E-state index is 12.3. The van der Waals surface area contributed by atoms with Crippen LogP contribution in [0.4, 0.5) is 5.69 Å². The Morgan fingerprint density at radius 2 is 2.00 bits per heavy atom. The molecule has 0 atom stereocenters. The van der Waals surface area contributed by atoms with Gasteiger partial charge in [0.2, 0.25) is 0 Å². The van der Waals surface area contributed by atoms with Crippen LogP contribution in [0.15, 0.2) is 42.0 Å². The summed E-state index contributed by atoms with van der Waals surface area (Å²) < 4.78 is 7.19. The molecule has 0 bridgehead atoms.